The summed E-state index contributed by atoms with van der Waals surface area (Å²) in [5.74, 6) is -6.94. The van der Waals surface area contributed by atoms with Crippen molar-refractivity contribution in [2.45, 2.75) is 44.1 Å². The van der Waals surface area contributed by atoms with E-state index in [0.29, 0.717) is 22.1 Å². The molecule has 3 rings (SSSR count). The third-order valence-corrected chi connectivity index (χ3v) is 6.51. The number of alkyl halides is 6. The molecule has 2 unspecified atom stereocenters. The molecule has 39 heavy (non-hydrogen) atoms. The molecule has 0 fully saturated rings. The van der Waals surface area contributed by atoms with Crippen molar-refractivity contribution < 1.29 is 40.7 Å². The molecule has 2 aromatic rings. The van der Waals surface area contributed by atoms with Gasteiger partial charge in [-0.25, -0.2) is 0 Å². The fraction of sp³-hybridized carbons (Fsp3) is 0.400. The lowest BCUT2D eigenvalue weighted by molar-refractivity contribution is -0.152. The Morgan fingerprint density at radius 1 is 0.974 bits per heavy atom. The lowest BCUT2D eigenvalue weighted by Crippen LogP contribution is -2.52. The second kappa shape index (κ2) is 12.1. The number of halogens is 7. The average molecular weight is 579 g/mol. The molecule has 0 radical (unpaired) electrons. The highest BCUT2D eigenvalue weighted by atomic mass is 35.5. The van der Waals surface area contributed by atoms with Crippen molar-refractivity contribution in [3.8, 4) is 0 Å². The second-order valence-electron chi connectivity index (χ2n) is 9.08. The lowest BCUT2D eigenvalue weighted by Gasteiger charge is -2.29. The summed E-state index contributed by atoms with van der Waals surface area (Å²) in [5.41, 5.74) is 6.72. The molecule has 4 N–H and O–H groups in total. The molecule has 0 saturated heterocycles. The van der Waals surface area contributed by atoms with E-state index in [1.165, 1.54) is 0 Å². The van der Waals surface area contributed by atoms with E-state index in [1.54, 1.807) is 53.4 Å². The molecule has 1 heterocycles. The van der Waals surface area contributed by atoms with Gasteiger partial charge in [0, 0.05) is 35.4 Å². The first kappa shape index (κ1) is 30.1. The van der Waals surface area contributed by atoms with Gasteiger partial charge >= 0.3 is 12.4 Å². The van der Waals surface area contributed by atoms with Crippen LogP contribution in [-0.4, -0.2) is 42.7 Å². The highest BCUT2D eigenvalue weighted by Gasteiger charge is 2.41. The Hall–Kier alpha value is -3.48. The van der Waals surface area contributed by atoms with Crippen LogP contribution in [0.4, 0.5) is 43.4 Å². The number of carbonyl (C=O) groups excluding carboxylic acids is 3. The maximum Gasteiger partial charge on any atom is 0.389 e. The topological polar surface area (TPSA) is 105 Å². The van der Waals surface area contributed by atoms with E-state index in [9.17, 15) is 40.7 Å². The van der Waals surface area contributed by atoms with Crippen molar-refractivity contribution in [2.75, 3.05) is 16.8 Å². The molecule has 7 nitrogen and oxygen atoms in total. The number of nitrogens with zero attached hydrogens (tertiary/aromatic N) is 1. The standard InChI is InChI=1S/C25H25ClF6N4O3/c26-14-5-7-15(8-6-14)36-13-19(23(39)34-18-3-1-2-4-20(18)36)35-22(38)17(10-12-25(30,31)32)16(21(33)37)9-11-24(27,28)29/h1-8,16-17,19H,9-13H2,(H2,33,37)(H,34,39)(H,35,38)/t16?,17?,19-/m0/s1. The van der Waals surface area contributed by atoms with E-state index in [4.69, 9.17) is 17.3 Å². The third-order valence-electron chi connectivity index (χ3n) is 6.25. The molecule has 0 spiro atoms. The minimum Gasteiger partial charge on any atom is -0.369 e. The van der Waals surface area contributed by atoms with Gasteiger partial charge in [-0.05, 0) is 49.2 Å². The Balaban J connectivity index is 1.91. The second-order valence-corrected chi connectivity index (χ2v) is 9.51. The normalized spacial score (nSPS) is 17.5. The maximum atomic E-state index is 13.2. The molecule has 0 saturated carbocycles. The van der Waals surface area contributed by atoms with Crippen LogP contribution in [0.5, 0.6) is 0 Å². The Kier molecular flexibility index (Phi) is 9.36. The number of benzene rings is 2. The molecule has 0 aliphatic carbocycles. The van der Waals surface area contributed by atoms with Gasteiger partial charge in [-0.3, -0.25) is 14.4 Å². The van der Waals surface area contributed by atoms with Crippen LogP contribution >= 0.6 is 11.6 Å². The fourth-order valence-electron chi connectivity index (χ4n) is 4.35. The van der Waals surface area contributed by atoms with Gasteiger partial charge in [0.25, 0.3) is 0 Å². The van der Waals surface area contributed by atoms with E-state index in [1.807, 2.05) is 0 Å². The van der Waals surface area contributed by atoms with Crippen molar-refractivity contribution in [1.29, 1.82) is 0 Å². The first-order chi connectivity index (χ1) is 18.1. The summed E-state index contributed by atoms with van der Waals surface area (Å²) in [6, 6.07) is 11.8. The molecule has 1 aliphatic heterocycles. The first-order valence-corrected chi connectivity index (χ1v) is 12.2. The summed E-state index contributed by atoms with van der Waals surface area (Å²) in [5, 5.41) is 5.42. The number of fused-ring (bicyclic) bond motifs is 1. The van der Waals surface area contributed by atoms with Crippen molar-refractivity contribution in [3.05, 3.63) is 53.6 Å². The summed E-state index contributed by atoms with van der Waals surface area (Å²) in [4.78, 5) is 40.0. The smallest absolute Gasteiger partial charge is 0.369 e. The largest absolute Gasteiger partial charge is 0.389 e. The van der Waals surface area contributed by atoms with Crippen LogP contribution in [0.2, 0.25) is 5.02 Å². The minimum atomic E-state index is -4.75. The van der Waals surface area contributed by atoms with E-state index in [0.717, 1.165) is 0 Å². The van der Waals surface area contributed by atoms with Gasteiger partial charge in [0.2, 0.25) is 17.7 Å². The monoisotopic (exact) mass is 578 g/mol. The number of carbonyl (C=O) groups is 3. The van der Waals surface area contributed by atoms with Crippen LogP contribution in [0, 0.1) is 11.8 Å². The minimum absolute atomic E-state index is 0.188. The number of rotatable bonds is 9. The molecule has 0 bridgehead atoms. The Morgan fingerprint density at radius 3 is 2.10 bits per heavy atom. The van der Waals surface area contributed by atoms with Gasteiger partial charge in [0.05, 0.1) is 17.9 Å². The number of primary amides is 1. The van der Waals surface area contributed by atoms with E-state index < -0.39 is 73.6 Å². The van der Waals surface area contributed by atoms with Gasteiger partial charge in [0.15, 0.2) is 0 Å². The lowest BCUT2D eigenvalue weighted by atomic mass is 9.83. The number of hydrogen-bond donors (Lipinski definition) is 3. The van der Waals surface area contributed by atoms with Crippen LogP contribution in [-0.2, 0) is 14.4 Å². The average Bonchev–Trinajstić information content (AvgIpc) is 2.96. The van der Waals surface area contributed by atoms with Crippen molar-refractivity contribution in [1.82, 2.24) is 5.32 Å². The predicted molar refractivity (Wildman–Crippen MR) is 132 cm³/mol. The Bertz CT molecular complexity index is 1190. The maximum absolute atomic E-state index is 13.2. The summed E-state index contributed by atoms with van der Waals surface area (Å²) in [6.07, 6.45) is -14.5. The zero-order valence-corrected chi connectivity index (χ0v) is 21.0. The molecule has 212 valence electrons. The molecule has 2 aromatic carbocycles. The van der Waals surface area contributed by atoms with Crippen LogP contribution in [0.25, 0.3) is 0 Å². The van der Waals surface area contributed by atoms with E-state index in [2.05, 4.69) is 10.6 Å². The molecular formula is C25H25ClF6N4O3. The molecule has 3 atom stereocenters. The van der Waals surface area contributed by atoms with Crippen LogP contribution in [0.3, 0.4) is 0 Å². The zero-order chi connectivity index (χ0) is 29.0. The zero-order valence-electron chi connectivity index (χ0n) is 20.3. The summed E-state index contributed by atoms with van der Waals surface area (Å²) in [6.45, 7) is -0.188. The Morgan fingerprint density at radius 2 is 1.54 bits per heavy atom. The van der Waals surface area contributed by atoms with E-state index >= 15 is 0 Å². The number of hydrogen-bond acceptors (Lipinski definition) is 4. The van der Waals surface area contributed by atoms with E-state index in [-0.39, 0.29) is 6.54 Å². The SMILES string of the molecule is NC(=O)C(CCC(F)(F)F)C(CCC(F)(F)F)C(=O)N[C@H]1CN(c2ccc(Cl)cc2)c2ccccc2NC1=O. The van der Waals surface area contributed by atoms with Gasteiger partial charge in [-0.2, -0.15) is 26.3 Å². The fourth-order valence-corrected chi connectivity index (χ4v) is 4.47. The van der Waals surface area contributed by atoms with Gasteiger partial charge < -0.3 is 21.3 Å². The summed E-state index contributed by atoms with van der Waals surface area (Å²) >= 11 is 5.98. The van der Waals surface area contributed by atoms with Crippen LogP contribution < -0.4 is 21.3 Å². The predicted octanol–water partition coefficient (Wildman–Crippen LogP) is 5.32. The van der Waals surface area contributed by atoms with Crippen molar-refractivity contribution in [2.24, 2.45) is 17.6 Å². The number of nitrogens with two attached hydrogens (primary N) is 1. The Labute approximate surface area is 224 Å². The highest BCUT2D eigenvalue weighted by molar-refractivity contribution is 6.30. The molecule has 0 aromatic heterocycles. The van der Waals surface area contributed by atoms with Crippen LogP contribution in [0.1, 0.15) is 25.7 Å². The molecule has 14 heteroatoms. The number of para-hydroxylation sites is 2. The van der Waals surface area contributed by atoms with Crippen molar-refractivity contribution in [3.63, 3.8) is 0 Å². The highest BCUT2D eigenvalue weighted by Crippen LogP contribution is 2.36. The van der Waals surface area contributed by atoms with Gasteiger partial charge in [-0.1, -0.05) is 23.7 Å². The number of nitrogens with one attached hydrogen (secondary N) is 2. The van der Waals surface area contributed by atoms with Gasteiger partial charge in [-0.15, -0.1) is 0 Å². The summed E-state index contributed by atoms with van der Waals surface area (Å²) < 4.78 is 77.6. The molecule has 1 aliphatic rings. The quantitative estimate of drug-likeness (QED) is 0.350. The number of amides is 3. The first-order valence-electron chi connectivity index (χ1n) is 11.8. The number of anilines is 3. The molecule has 3 amide bonds. The van der Waals surface area contributed by atoms with Crippen molar-refractivity contribution >= 4 is 46.4 Å². The van der Waals surface area contributed by atoms with Crippen LogP contribution in [0.15, 0.2) is 48.5 Å². The third kappa shape index (κ3) is 8.50. The summed E-state index contributed by atoms with van der Waals surface area (Å²) in [7, 11) is 0. The van der Waals surface area contributed by atoms with Gasteiger partial charge in [0.1, 0.15) is 6.04 Å². The molecular weight excluding hydrogens is 554 g/mol.